The van der Waals surface area contributed by atoms with E-state index in [0.29, 0.717) is 24.8 Å². The van der Waals surface area contributed by atoms with Crippen LogP contribution in [0, 0.1) is 11.8 Å². The SMILES string of the molecule is C=CCC(C)NC(=O)CC(CN)CC(C)C. The van der Waals surface area contributed by atoms with Gasteiger partial charge in [-0.25, -0.2) is 0 Å². The van der Waals surface area contributed by atoms with E-state index in [0.717, 1.165) is 12.8 Å². The minimum Gasteiger partial charge on any atom is -0.353 e. The van der Waals surface area contributed by atoms with Crippen LogP contribution in [0.15, 0.2) is 12.7 Å². The van der Waals surface area contributed by atoms with Gasteiger partial charge in [0.1, 0.15) is 0 Å². The molecule has 3 heteroatoms. The van der Waals surface area contributed by atoms with Crippen molar-refractivity contribution in [1.29, 1.82) is 0 Å². The number of hydrogen-bond acceptors (Lipinski definition) is 2. The third kappa shape index (κ3) is 7.46. The van der Waals surface area contributed by atoms with Gasteiger partial charge < -0.3 is 11.1 Å². The Labute approximate surface area is 99.5 Å². The van der Waals surface area contributed by atoms with E-state index in [1.54, 1.807) is 0 Å². The molecule has 0 aromatic heterocycles. The average molecular weight is 226 g/mol. The molecule has 0 heterocycles. The molecule has 0 aliphatic rings. The Bertz CT molecular complexity index is 214. The number of carbonyl (C=O) groups excluding carboxylic acids is 1. The number of nitrogens with one attached hydrogen (secondary N) is 1. The Morgan fingerprint density at radius 2 is 2.06 bits per heavy atom. The van der Waals surface area contributed by atoms with Gasteiger partial charge in [-0.05, 0) is 38.1 Å². The molecule has 0 aromatic rings. The first-order chi connectivity index (χ1) is 7.49. The van der Waals surface area contributed by atoms with Crippen molar-refractivity contribution < 1.29 is 4.79 Å². The van der Waals surface area contributed by atoms with Crippen molar-refractivity contribution in [2.45, 2.75) is 46.1 Å². The molecule has 1 amide bonds. The van der Waals surface area contributed by atoms with Gasteiger partial charge in [0.2, 0.25) is 5.91 Å². The second kappa shape index (κ2) is 8.34. The van der Waals surface area contributed by atoms with Gasteiger partial charge in [-0.3, -0.25) is 4.79 Å². The van der Waals surface area contributed by atoms with E-state index < -0.39 is 0 Å². The molecule has 94 valence electrons. The lowest BCUT2D eigenvalue weighted by Gasteiger charge is -2.18. The normalized spacial score (nSPS) is 14.6. The lowest BCUT2D eigenvalue weighted by molar-refractivity contribution is -0.122. The fourth-order valence-electron chi connectivity index (χ4n) is 1.83. The predicted octanol–water partition coefficient (Wildman–Crippen LogP) is 2.08. The van der Waals surface area contributed by atoms with Crippen molar-refractivity contribution in [2.75, 3.05) is 6.54 Å². The molecule has 3 nitrogen and oxygen atoms in total. The Kier molecular flexibility index (Phi) is 7.90. The van der Waals surface area contributed by atoms with Crippen LogP contribution >= 0.6 is 0 Å². The van der Waals surface area contributed by atoms with Gasteiger partial charge in [-0.2, -0.15) is 0 Å². The summed E-state index contributed by atoms with van der Waals surface area (Å²) in [6.07, 6.45) is 4.18. The fourth-order valence-corrected chi connectivity index (χ4v) is 1.83. The molecule has 0 rings (SSSR count). The summed E-state index contributed by atoms with van der Waals surface area (Å²) in [7, 11) is 0. The third-order valence-corrected chi connectivity index (χ3v) is 2.54. The van der Waals surface area contributed by atoms with Gasteiger partial charge in [0.15, 0.2) is 0 Å². The topological polar surface area (TPSA) is 55.1 Å². The summed E-state index contributed by atoms with van der Waals surface area (Å²) in [4.78, 5) is 11.7. The molecule has 0 fully saturated rings. The van der Waals surface area contributed by atoms with E-state index in [2.05, 4.69) is 25.7 Å². The largest absolute Gasteiger partial charge is 0.353 e. The summed E-state index contributed by atoms with van der Waals surface area (Å²) in [5, 5.41) is 2.95. The van der Waals surface area contributed by atoms with Gasteiger partial charge in [-0.1, -0.05) is 19.9 Å². The van der Waals surface area contributed by atoms with Gasteiger partial charge in [-0.15, -0.1) is 6.58 Å². The molecule has 0 radical (unpaired) electrons. The third-order valence-electron chi connectivity index (χ3n) is 2.54. The van der Waals surface area contributed by atoms with Crippen molar-refractivity contribution in [3.8, 4) is 0 Å². The zero-order chi connectivity index (χ0) is 12.6. The van der Waals surface area contributed by atoms with Crippen molar-refractivity contribution in [2.24, 2.45) is 17.6 Å². The Balaban J connectivity index is 3.95. The molecule has 0 saturated heterocycles. The van der Waals surface area contributed by atoms with E-state index in [-0.39, 0.29) is 11.9 Å². The van der Waals surface area contributed by atoms with Crippen molar-refractivity contribution in [1.82, 2.24) is 5.32 Å². The quantitative estimate of drug-likeness (QED) is 0.623. The van der Waals surface area contributed by atoms with Crippen LogP contribution in [-0.4, -0.2) is 18.5 Å². The summed E-state index contributed by atoms with van der Waals surface area (Å²) in [5.74, 6) is 0.994. The second-order valence-electron chi connectivity index (χ2n) is 4.93. The van der Waals surface area contributed by atoms with Crippen molar-refractivity contribution in [3.63, 3.8) is 0 Å². The number of hydrogen-bond donors (Lipinski definition) is 2. The van der Waals surface area contributed by atoms with Gasteiger partial charge in [0.25, 0.3) is 0 Å². The Hall–Kier alpha value is -0.830. The molecule has 0 saturated carbocycles. The van der Waals surface area contributed by atoms with E-state index in [9.17, 15) is 4.79 Å². The smallest absolute Gasteiger partial charge is 0.220 e. The molecule has 3 N–H and O–H groups in total. The average Bonchev–Trinajstić information content (AvgIpc) is 2.15. The number of nitrogens with two attached hydrogens (primary N) is 1. The Morgan fingerprint density at radius 3 is 2.50 bits per heavy atom. The molecular formula is C13H26N2O. The Morgan fingerprint density at radius 1 is 1.44 bits per heavy atom. The predicted molar refractivity (Wildman–Crippen MR) is 69.0 cm³/mol. The molecule has 0 aliphatic carbocycles. The highest BCUT2D eigenvalue weighted by Crippen LogP contribution is 2.14. The van der Waals surface area contributed by atoms with Crippen molar-refractivity contribution in [3.05, 3.63) is 12.7 Å². The molecule has 0 spiro atoms. The highest BCUT2D eigenvalue weighted by Gasteiger charge is 2.14. The molecule has 2 atom stereocenters. The van der Waals surface area contributed by atoms with E-state index in [4.69, 9.17) is 5.73 Å². The first-order valence-corrected chi connectivity index (χ1v) is 6.09. The summed E-state index contributed by atoms with van der Waals surface area (Å²) in [6, 6.07) is 0.169. The van der Waals surface area contributed by atoms with Crippen LogP contribution in [0.25, 0.3) is 0 Å². The minimum absolute atomic E-state index is 0.102. The van der Waals surface area contributed by atoms with Gasteiger partial charge in [0, 0.05) is 12.5 Å². The highest BCUT2D eigenvalue weighted by atomic mass is 16.1. The van der Waals surface area contributed by atoms with E-state index in [1.807, 2.05) is 13.0 Å². The van der Waals surface area contributed by atoms with Crippen molar-refractivity contribution >= 4 is 5.91 Å². The molecule has 2 unspecified atom stereocenters. The number of rotatable bonds is 8. The minimum atomic E-state index is 0.102. The molecule has 16 heavy (non-hydrogen) atoms. The van der Waals surface area contributed by atoms with E-state index in [1.165, 1.54) is 0 Å². The first kappa shape index (κ1) is 15.2. The lowest BCUT2D eigenvalue weighted by atomic mass is 9.94. The molecular weight excluding hydrogens is 200 g/mol. The second-order valence-corrected chi connectivity index (χ2v) is 4.93. The van der Waals surface area contributed by atoms with Gasteiger partial charge in [0.05, 0.1) is 0 Å². The van der Waals surface area contributed by atoms with Crippen LogP contribution in [0.3, 0.4) is 0 Å². The summed E-state index contributed by atoms with van der Waals surface area (Å²) in [6.45, 7) is 10.5. The van der Waals surface area contributed by atoms with E-state index >= 15 is 0 Å². The summed E-state index contributed by atoms with van der Waals surface area (Å²) < 4.78 is 0. The number of amides is 1. The monoisotopic (exact) mass is 226 g/mol. The molecule has 0 bridgehead atoms. The maximum absolute atomic E-state index is 11.7. The summed E-state index contributed by atoms with van der Waals surface area (Å²) >= 11 is 0. The van der Waals surface area contributed by atoms with Crippen LogP contribution in [0.1, 0.15) is 40.0 Å². The highest BCUT2D eigenvalue weighted by molar-refractivity contribution is 5.76. The van der Waals surface area contributed by atoms with Gasteiger partial charge >= 0.3 is 0 Å². The number of carbonyl (C=O) groups is 1. The molecule has 0 aromatic carbocycles. The standard InChI is InChI=1S/C13H26N2O/c1-5-6-11(4)15-13(16)8-12(9-14)7-10(2)3/h5,10-12H,1,6-9,14H2,2-4H3,(H,15,16). The zero-order valence-electron chi connectivity index (χ0n) is 10.8. The summed E-state index contributed by atoms with van der Waals surface area (Å²) in [5.41, 5.74) is 5.66. The van der Waals surface area contributed by atoms with Crippen LogP contribution in [-0.2, 0) is 4.79 Å². The maximum atomic E-state index is 11.7. The zero-order valence-corrected chi connectivity index (χ0v) is 10.8. The first-order valence-electron chi connectivity index (χ1n) is 6.09. The van der Waals surface area contributed by atoms with Crippen LogP contribution in [0.4, 0.5) is 0 Å². The van der Waals surface area contributed by atoms with Crippen LogP contribution < -0.4 is 11.1 Å². The maximum Gasteiger partial charge on any atom is 0.220 e. The van der Waals surface area contributed by atoms with Crippen LogP contribution in [0.5, 0.6) is 0 Å². The lowest BCUT2D eigenvalue weighted by Crippen LogP contribution is -2.34. The molecule has 0 aliphatic heterocycles. The van der Waals surface area contributed by atoms with Crippen LogP contribution in [0.2, 0.25) is 0 Å². The fraction of sp³-hybridized carbons (Fsp3) is 0.769.